The SMILES string of the molecule is [2H]C([2H])(Oc1nc(N2CCOC[C@H]3[C@H](F)[C@H]32)c2cc(Cl)c(-c3cc(N)cc4ccc(F)c(C#C)c34)c(F)c2n1)[C@@]12CCCN1C[C@H](F)C2. The monoisotopic (exact) mass is 653 g/mol. The van der Waals surface area contributed by atoms with Crippen LogP contribution >= 0.6 is 11.6 Å². The Hall–Kier alpha value is -3.85. The highest BCUT2D eigenvalue weighted by atomic mass is 35.5. The van der Waals surface area contributed by atoms with Crippen molar-refractivity contribution in [2.75, 3.05) is 50.0 Å². The molecule has 8 rings (SSSR count). The number of aromatic nitrogens is 2. The number of hydrogen-bond donors (Lipinski definition) is 1. The van der Waals surface area contributed by atoms with Crippen LogP contribution in [0.1, 0.15) is 27.6 Å². The molecule has 0 radical (unpaired) electrons. The zero-order valence-electron chi connectivity index (χ0n) is 26.5. The number of terminal acetylenes is 1. The van der Waals surface area contributed by atoms with Crippen LogP contribution in [-0.2, 0) is 4.74 Å². The second kappa shape index (κ2) is 10.9. The summed E-state index contributed by atoms with van der Waals surface area (Å²) in [4.78, 5) is 12.3. The van der Waals surface area contributed by atoms with Crippen LogP contribution in [0.5, 0.6) is 6.01 Å². The van der Waals surface area contributed by atoms with Crippen molar-refractivity contribution in [1.29, 1.82) is 0 Å². The number of benzene rings is 3. The molecule has 0 amide bonds. The summed E-state index contributed by atoms with van der Waals surface area (Å²) in [7, 11) is 0. The second-order valence-electron chi connectivity index (χ2n) is 12.5. The third kappa shape index (κ3) is 4.56. The molecule has 2 N–H and O–H groups in total. The van der Waals surface area contributed by atoms with Gasteiger partial charge in [0.15, 0.2) is 5.82 Å². The average Bonchev–Trinajstić information content (AvgIpc) is 3.39. The van der Waals surface area contributed by atoms with Gasteiger partial charge in [0.2, 0.25) is 0 Å². The predicted octanol–water partition coefficient (Wildman–Crippen LogP) is 6.07. The number of fused-ring (bicyclic) bond motifs is 4. The molecule has 46 heavy (non-hydrogen) atoms. The number of hydrogen-bond acceptors (Lipinski definition) is 7. The zero-order chi connectivity index (χ0) is 33.7. The van der Waals surface area contributed by atoms with E-state index in [0.29, 0.717) is 24.8 Å². The minimum absolute atomic E-state index is 0.0757. The highest BCUT2D eigenvalue weighted by Gasteiger charge is 2.56. The fourth-order valence-electron chi connectivity index (χ4n) is 7.56. The lowest BCUT2D eigenvalue weighted by molar-refractivity contribution is 0.107. The van der Waals surface area contributed by atoms with E-state index in [1.807, 2.05) is 0 Å². The summed E-state index contributed by atoms with van der Waals surface area (Å²) in [5, 5.41) is 0.693. The van der Waals surface area contributed by atoms with Gasteiger partial charge in [0.25, 0.3) is 0 Å². The lowest BCUT2D eigenvalue weighted by Crippen LogP contribution is -2.43. The quantitative estimate of drug-likeness (QED) is 0.159. The van der Waals surface area contributed by atoms with E-state index in [4.69, 9.17) is 36.0 Å². The van der Waals surface area contributed by atoms with Gasteiger partial charge in [-0.15, -0.1) is 6.42 Å². The third-order valence-corrected chi connectivity index (χ3v) is 10.0. The molecular formula is C34H30ClF4N5O2. The first kappa shape index (κ1) is 27.3. The summed E-state index contributed by atoms with van der Waals surface area (Å²) in [5.41, 5.74) is 4.70. The van der Waals surface area contributed by atoms with Gasteiger partial charge in [0, 0.05) is 47.5 Å². The Morgan fingerprint density at radius 2 is 2.07 bits per heavy atom. The first-order valence-electron chi connectivity index (χ1n) is 16.2. The molecule has 5 atom stereocenters. The molecule has 0 spiro atoms. The van der Waals surface area contributed by atoms with Crippen LogP contribution in [0, 0.1) is 29.9 Å². The number of nitrogens with two attached hydrogens (primary N) is 1. The van der Waals surface area contributed by atoms with Gasteiger partial charge in [-0.1, -0.05) is 23.6 Å². The number of rotatable bonds is 5. The van der Waals surface area contributed by atoms with Crippen molar-refractivity contribution in [2.24, 2.45) is 5.92 Å². The van der Waals surface area contributed by atoms with E-state index in [9.17, 15) is 8.78 Å². The summed E-state index contributed by atoms with van der Waals surface area (Å²) < 4.78 is 91.3. The highest BCUT2D eigenvalue weighted by molar-refractivity contribution is 6.35. The van der Waals surface area contributed by atoms with E-state index in [-0.39, 0.29) is 82.2 Å². The van der Waals surface area contributed by atoms with E-state index in [1.54, 1.807) is 15.9 Å². The van der Waals surface area contributed by atoms with Crippen molar-refractivity contribution in [1.82, 2.24) is 14.9 Å². The lowest BCUT2D eigenvalue weighted by Gasteiger charge is -2.31. The van der Waals surface area contributed by atoms with Gasteiger partial charge >= 0.3 is 6.01 Å². The largest absolute Gasteiger partial charge is 0.461 e. The first-order chi connectivity index (χ1) is 22.9. The van der Waals surface area contributed by atoms with Gasteiger partial charge in [0.05, 0.1) is 38.1 Å². The highest BCUT2D eigenvalue weighted by Crippen LogP contribution is 2.47. The molecule has 4 aromatic rings. The predicted molar refractivity (Wildman–Crippen MR) is 169 cm³/mol. The summed E-state index contributed by atoms with van der Waals surface area (Å²) in [6.45, 7) is -1.25. The van der Waals surface area contributed by atoms with Crippen molar-refractivity contribution < 1.29 is 29.8 Å². The van der Waals surface area contributed by atoms with Crippen LogP contribution in [0.15, 0.2) is 30.3 Å². The Labute approximate surface area is 270 Å². The molecule has 0 unspecified atom stereocenters. The Morgan fingerprint density at radius 1 is 1.22 bits per heavy atom. The maximum atomic E-state index is 17.1. The van der Waals surface area contributed by atoms with Crippen LogP contribution in [0.25, 0.3) is 32.8 Å². The molecule has 4 fully saturated rings. The summed E-state index contributed by atoms with van der Waals surface area (Å²) in [6, 6.07) is 6.00. The van der Waals surface area contributed by atoms with Crippen LogP contribution in [0.4, 0.5) is 29.1 Å². The van der Waals surface area contributed by atoms with Crippen LogP contribution in [0.2, 0.25) is 5.02 Å². The van der Waals surface area contributed by atoms with Crippen molar-refractivity contribution in [3.63, 3.8) is 0 Å². The molecule has 12 heteroatoms. The molecule has 3 aromatic carbocycles. The summed E-state index contributed by atoms with van der Waals surface area (Å²) >= 11 is 6.82. The summed E-state index contributed by atoms with van der Waals surface area (Å²) in [5.74, 6) is 0.349. The molecule has 1 aliphatic carbocycles. The lowest BCUT2D eigenvalue weighted by atomic mass is 9.92. The topological polar surface area (TPSA) is 76.7 Å². The van der Waals surface area contributed by atoms with E-state index in [1.165, 1.54) is 24.3 Å². The first-order valence-corrected chi connectivity index (χ1v) is 15.6. The third-order valence-electron chi connectivity index (χ3n) is 9.73. The van der Waals surface area contributed by atoms with Crippen LogP contribution in [-0.4, -0.2) is 78.2 Å². The molecule has 1 saturated carbocycles. The fourth-order valence-corrected chi connectivity index (χ4v) is 7.85. The molecule has 3 saturated heterocycles. The standard InChI is InChI=1S/C34H30ClF4N5O2/c1-2-20-25(37)5-4-17-10-19(40)11-21(26(17)20)27-24(35)12-22-30(29(27)39)41-33(46-16-34-6-3-7-43(34)14-18(36)13-34)42-32(22)44-8-9-45-15-23-28(38)31(23)44/h1,4-5,10-12,18,23,28,31H,3,6-9,13-16,40H2/t18-,23+,28+,31+,34+/m1/s1/i16D2. The molecule has 7 nitrogen and oxygen atoms in total. The van der Waals surface area contributed by atoms with Crippen molar-refractivity contribution >= 4 is 44.8 Å². The smallest absolute Gasteiger partial charge is 0.319 e. The minimum atomic E-state index is -2.48. The fraction of sp³-hybridized carbons (Fsp3) is 0.412. The van der Waals surface area contributed by atoms with Gasteiger partial charge in [-0.05, 0) is 54.6 Å². The Balaban J connectivity index is 1.35. The van der Waals surface area contributed by atoms with Gasteiger partial charge in [-0.2, -0.15) is 9.97 Å². The number of anilines is 2. The molecule has 3 aliphatic heterocycles. The van der Waals surface area contributed by atoms with Crippen LogP contribution < -0.4 is 15.4 Å². The molecule has 0 bridgehead atoms. The average molecular weight is 654 g/mol. The van der Waals surface area contributed by atoms with E-state index in [2.05, 4.69) is 15.9 Å². The maximum absolute atomic E-state index is 17.1. The van der Waals surface area contributed by atoms with E-state index in [0.717, 1.165) is 0 Å². The van der Waals surface area contributed by atoms with Crippen molar-refractivity contribution in [3.8, 4) is 29.5 Å². The molecule has 238 valence electrons. The molecule has 1 aromatic heterocycles. The van der Waals surface area contributed by atoms with Gasteiger partial charge in [-0.3, -0.25) is 4.90 Å². The second-order valence-corrected chi connectivity index (χ2v) is 12.9. The van der Waals surface area contributed by atoms with E-state index >= 15 is 8.78 Å². The number of halogens is 5. The Morgan fingerprint density at radius 3 is 2.89 bits per heavy atom. The van der Waals surface area contributed by atoms with Gasteiger partial charge in [0.1, 0.15) is 36.1 Å². The Bertz CT molecular complexity index is 2050. The minimum Gasteiger partial charge on any atom is -0.461 e. The maximum Gasteiger partial charge on any atom is 0.319 e. The van der Waals surface area contributed by atoms with Crippen LogP contribution in [0.3, 0.4) is 0 Å². The molecule has 4 aliphatic rings. The van der Waals surface area contributed by atoms with Gasteiger partial charge < -0.3 is 20.1 Å². The number of alkyl halides is 2. The molecular weight excluding hydrogens is 622 g/mol. The Kier molecular flexibility index (Phi) is 6.44. The number of nitrogens with zero attached hydrogens (tertiary/aromatic N) is 4. The number of ether oxygens (including phenoxy) is 2. The molecule has 4 heterocycles. The van der Waals surface area contributed by atoms with E-state index < -0.39 is 54.0 Å². The zero-order valence-corrected chi connectivity index (χ0v) is 25.3. The van der Waals surface area contributed by atoms with Crippen molar-refractivity contribution in [2.45, 2.75) is 43.2 Å². The van der Waals surface area contributed by atoms with Gasteiger partial charge in [-0.25, -0.2) is 17.6 Å². The van der Waals surface area contributed by atoms with Crippen molar-refractivity contribution in [3.05, 3.63) is 52.6 Å². The number of nitrogen functional groups attached to an aromatic ring is 1. The summed E-state index contributed by atoms with van der Waals surface area (Å²) in [6.07, 6.45) is 4.14. The normalized spacial score (nSPS) is 28.4.